The molecule has 28 heavy (non-hydrogen) atoms. The summed E-state index contributed by atoms with van der Waals surface area (Å²) in [5.74, 6) is 0. The number of aryl methyl sites for hydroxylation is 2. The second-order valence-corrected chi connectivity index (χ2v) is 9.10. The Labute approximate surface area is 171 Å². The Balaban J connectivity index is 1.52. The minimum Gasteiger partial charge on any atom is -0.399 e. The van der Waals surface area contributed by atoms with Crippen molar-refractivity contribution in [2.75, 3.05) is 7.11 Å². The lowest BCUT2D eigenvalue weighted by atomic mass is 9.84. The van der Waals surface area contributed by atoms with Crippen LogP contribution in [0, 0.1) is 6.92 Å². The summed E-state index contributed by atoms with van der Waals surface area (Å²) in [5, 5.41) is 7.67. The fraction of sp³-hybridized carbons (Fsp3) is 0.333. The Morgan fingerprint density at radius 2 is 1.79 bits per heavy atom. The van der Waals surface area contributed by atoms with Crippen molar-refractivity contribution in [2.45, 2.75) is 45.4 Å². The molecule has 2 aromatic carbocycles. The smallest absolute Gasteiger partial charge is 0.118 e. The van der Waals surface area contributed by atoms with Gasteiger partial charge in [-0.1, -0.05) is 55.4 Å². The van der Waals surface area contributed by atoms with Gasteiger partial charge in [0, 0.05) is 21.9 Å². The Bertz CT molecular complexity index is 1030. The molecule has 1 heterocycles. The van der Waals surface area contributed by atoms with Crippen LogP contribution in [0.25, 0.3) is 11.1 Å². The molecule has 0 spiro atoms. The van der Waals surface area contributed by atoms with E-state index in [9.17, 15) is 0 Å². The fourth-order valence-corrected chi connectivity index (χ4v) is 4.78. The SMILES string of the molecule is CO/N=C1/c2ccccc2-c2ccc(CCCC(C)(C)c3csc(C)n3)cc21. The van der Waals surface area contributed by atoms with E-state index in [0.29, 0.717) is 0 Å². The van der Waals surface area contributed by atoms with Crippen LogP contribution in [0.3, 0.4) is 0 Å². The van der Waals surface area contributed by atoms with Crippen molar-refractivity contribution in [3.8, 4) is 11.1 Å². The Kier molecular flexibility index (Phi) is 5.07. The molecule has 0 aliphatic heterocycles. The van der Waals surface area contributed by atoms with E-state index < -0.39 is 0 Å². The quantitative estimate of drug-likeness (QED) is 0.371. The Morgan fingerprint density at radius 3 is 2.50 bits per heavy atom. The zero-order valence-electron chi connectivity index (χ0n) is 17.0. The van der Waals surface area contributed by atoms with E-state index in [1.807, 2.05) is 0 Å². The highest BCUT2D eigenvalue weighted by molar-refractivity contribution is 7.09. The van der Waals surface area contributed by atoms with Gasteiger partial charge in [0.05, 0.1) is 10.7 Å². The number of aromatic nitrogens is 1. The predicted molar refractivity (Wildman–Crippen MR) is 117 cm³/mol. The first-order valence-corrected chi connectivity index (χ1v) is 10.6. The van der Waals surface area contributed by atoms with Crippen LogP contribution in [0.15, 0.2) is 53.0 Å². The first kappa shape index (κ1) is 18.9. The van der Waals surface area contributed by atoms with E-state index in [1.54, 1.807) is 18.4 Å². The molecular formula is C24H26N2OS. The molecule has 1 aliphatic rings. The average Bonchev–Trinajstić information content (AvgIpc) is 3.25. The summed E-state index contributed by atoms with van der Waals surface area (Å²) in [6, 6.07) is 15.2. The van der Waals surface area contributed by atoms with Crippen LogP contribution >= 0.6 is 11.3 Å². The molecule has 3 nitrogen and oxygen atoms in total. The maximum Gasteiger partial charge on any atom is 0.118 e. The summed E-state index contributed by atoms with van der Waals surface area (Å²) in [5.41, 5.74) is 8.42. The minimum absolute atomic E-state index is 0.112. The molecule has 4 heteroatoms. The summed E-state index contributed by atoms with van der Waals surface area (Å²) >= 11 is 1.74. The summed E-state index contributed by atoms with van der Waals surface area (Å²) in [4.78, 5) is 9.84. The number of benzene rings is 2. The van der Waals surface area contributed by atoms with Gasteiger partial charge in [0.25, 0.3) is 0 Å². The number of fused-ring (bicyclic) bond motifs is 3. The second kappa shape index (κ2) is 7.51. The van der Waals surface area contributed by atoms with Crippen LogP contribution < -0.4 is 0 Å². The van der Waals surface area contributed by atoms with Crippen LogP contribution in [0.1, 0.15) is 54.1 Å². The van der Waals surface area contributed by atoms with Gasteiger partial charge in [0.2, 0.25) is 0 Å². The molecule has 0 atom stereocenters. The third-order valence-corrected chi connectivity index (χ3v) is 6.35. The summed E-state index contributed by atoms with van der Waals surface area (Å²) in [7, 11) is 1.61. The molecule has 0 amide bonds. The highest BCUT2D eigenvalue weighted by Crippen LogP contribution is 2.38. The van der Waals surface area contributed by atoms with Gasteiger partial charge in [-0.3, -0.25) is 0 Å². The van der Waals surface area contributed by atoms with Gasteiger partial charge in [-0.25, -0.2) is 4.98 Å². The van der Waals surface area contributed by atoms with Crippen molar-refractivity contribution in [2.24, 2.45) is 5.16 Å². The minimum atomic E-state index is 0.112. The second-order valence-electron chi connectivity index (χ2n) is 8.04. The molecule has 0 N–H and O–H groups in total. The largest absolute Gasteiger partial charge is 0.399 e. The predicted octanol–water partition coefficient (Wildman–Crippen LogP) is 6.13. The van der Waals surface area contributed by atoms with Gasteiger partial charge < -0.3 is 4.84 Å². The summed E-state index contributed by atoms with van der Waals surface area (Å²) in [6.07, 6.45) is 3.30. The van der Waals surface area contributed by atoms with Crippen LogP contribution in [-0.4, -0.2) is 17.8 Å². The van der Waals surface area contributed by atoms with Gasteiger partial charge in [0.1, 0.15) is 12.8 Å². The van der Waals surface area contributed by atoms with E-state index in [1.165, 1.54) is 27.9 Å². The third kappa shape index (κ3) is 3.49. The number of thiazole rings is 1. The van der Waals surface area contributed by atoms with Crippen molar-refractivity contribution < 1.29 is 4.84 Å². The van der Waals surface area contributed by atoms with Crippen molar-refractivity contribution >= 4 is 17.0 Å². The fourth-order valence-electron chi connectivity index (χ4n) is 3.97. The summed E-state index contributed by atoms with van der Waals surface area (Å²) in [6.45, 7) is 6.67. The number of hydrogen-bond donors (Lipinski definition) is 0. The number of rotatable bonds is 6. The molecule has 0 radical (unpaired) electrons. The van der Waals surface area contributed by atoms with Crippen LogP contribution in [0.4, 0.5) is 0 Å². The van der Waals surface area contributed by atoms with Crippen LogP contribution in [0.5, 0.6) is 0 Å². The molecule has 0 saturated heterocycles. The highest BCUT2D eigenvalue weighted by atomic mass is 32.1. The number of hydrogen-bond acceptors (Lipinski definition) is 4. The molecule has 0 unspecified atom stereocenters. The first-order valence-electron chi connectivity index (χ1n) is 9.76. The normalized spacial score (nSPS) is 14.2. The molecule has 1 aromatic heterocycles. The van der Waals surface area contributed by atoms with E-state index in [0.717, 1.165) is 35.5 Å². The van der Waals surface area contributed by atoms with Gasteiger partial charge in [-0.05, 0) is 48.9 Å². The Hall–Kier alpha value is -2.46. The van der Waals surface area contributed by atoms with Crippen molar-refractivity contribution in [3.63, 3.8) is 0 Å². The van der Waals surface area contributed by atoms with Crippen molar-refractivity contribution in [1.29, 1.82) is 0 Å². The van der Waals surface area contributed by atoms with Crippen LogP contribution in [-0.2, 0) is 16.7 Å². The van der Waals surface area contributed by atoms with Crippen LogP contribution in [0.2, 0.25) is 0 Å². The van der Waals surface area contributed by atoms with Gasteiger partial charge in [-0.2, -0.15) is 0 Å². The molecule has 0 bridgehead atoms. The topological polar surface area (TPSA) is 34.5 Å². The average molecular weight is 391 g/mol. The lowest BCUT2D eigenvalue weighted by Crippen LogP contribution is -2.18. The monoisotopic (exact) mass is 390 g/mol. The molecule has 1 aliphatic carbocycles. The lowest BCUT2D eigenvalue weighted by molar-refractivity contribution is 0.214. The number of nitrogens with zero attached hydrogens (tertiary/aromatic N) is 2. The maximum absolute atomic E-state index is 5.14. The zero-order valence-corrected chi connectivity index (χ0v) is 17.8. The summed E-state index contributed by atoms with van der Waals surface area (Å²) < 4.78 is 0. The molecule has 3 aromatic rings. The zero-order chi connectivity index (χ0) is 19.7. The maximum atomic E-state index is 5.14. The highest BCUT2D eigenvalue weighted by Gasteiger charge is 2.26. The third-order valence-electron chi connectivity index (χ3n) is 5.57. The van der Waals surface area contributed by atoms with E-state index in [2.05, 4.69) is 73.8 Å². The van der Waals surface area contributed by atoms with Crippen molar-refractivity contribution in [3.05, 3.63) is 75.2 Å². The number of oxime groups is 1. The lowest BCUT2D eigenvalue weighted by Gasteiger charge is -2.22. The van der Waals surface area contributed by atoms with Gasteiger partial charge in [-0.15, -0.1) is 11.3 Å². The molecule has 144 valence electrons. The Morgan fingerprint density at radius 1 is 1.04 bits per heavy atom. The first-order chi connectivity index (χ1) is 13.5. The molecular weight excluding hydrogens is 364 g/mol. The standard InChI is InChI=1S/C24H26N2OS/c1-16-25-22(15-28-16)24(2,3)13-7-8-17-11-12-19-18-9-5-6-10-20(18)23(26-27-4)21(19)14-17/h5-6,9-12,14-15H,7-8,13H2,1-4H3/b26-23-. The molecule has 0 saturated carbocycles. The van der Waals surface area contributed by atoms with Gasteiger partial charge in [0.15, 0.2) is 0 Å². The molecule has 4 rings (SSSR count). The van der Waals surface area contributed by atoms with E-state index in [4.69, 9.17) is 9.82 Å². The van der Waals surface area contributed by atoms with E-state index >= 15 is 0 Å². The van der Waals surface area contributed by atoms with Gasteiger partial charge >= 0.3 is 0 Å². The van der Waals surface area contributed by atoms with E-state index in [-0.39, 0.29) is 5.41 Å². The molecule has 0 fully saturated rings. The van der Waals surface area contributed by atoms with Crippen molar-refractivity contribution in [1.82, 2.24) is 4.98 Å².